The summed E-state index contributed by atoms with van der Waals surface area (Å²) in [4.78, 5) is 21.8. The summed E-state index contributed by atoms with van der Waals surface area (Å²) in [7, 11) is 0. The van der Waals surface area contributed by atoms with Crippen molar-refractivity contribution in [3.05, 3.63) is 24.0 Å². The number of aromatic amines is 2. The minimum Gasteiger partial charge on any atom is -0.478 e. The molecule has 0 unspecified atom stereocenters. The number of hydrogen-bond acceptors (Lipinski definition) is 5. The summed E-state index contributed by atoms with van der Waals surface area (Å²) in [6.45, 7) is 0. The molecule has 0 aromatic carbocycles. The van der Waals surface area contributed by atoms with E-state index in [-0.39, 0.29) is 5.56 Å². The van der Waals surface area contributed by atoms with Crippen LogP contribution in [0.2, 0.25) is 0 Å². The Labute approximate surface area is 93.7 Å². The van der Waals surface area contributed by atoms with Crippen LogP contribution in [-0.2, 0) is 0 Å². The Balaban J connectivity index is 2.16. The lowest BCUT2D eigenvalue weighted by molar-refractivity contribution is 0.0696. The first-order chi connectivity index (χ1) is 8.24. The number of fused-ring (bicyclic) bond motifs is 1. The Kier molecular flexibility index (Phi) is 1.87. The molecule has 3 rings (SSSR count). The molecular formula is C9H6N6O2. The Morgan fingerprint density at radius 3 is 2.94 bits per heavy atom. The van der Waals surface area contributed by atoms with Gasteiger partial charge in [-0.25, -0.2) is 14.8 Å². The minimum absolute atomic E-state index is 0.104. The maximum Gasteiger partial charge on any atom is 0.337 e. The highest BCUT2D eigenvalue weighted by Crippen LogP contribution is 2.16. The summed E-state index contributed by atoms with van der Waals surface area (Å²) in [6.07, 6.45) is 2.77. The summed E-state index contributed by atoms with van der Waals surface area (Å²) in [5.41, 5.74) is 1.63. The summed E-state index contributed by atoms with van der Waals surface area (Å²) < 4.78 is 0. The Hall–Kier alpha value is -2.77. The molecule has 0 spiro atoms. The van der Waals surface area contributed by atoms with Gasteiger partial charge in [0.25, 0.3) is 0 Å². The van der Waals surface area contributed by atoms with E-state index >= 15 is 0 Å². The standard InChI is InChI=1S/C9H6N6O2/c16-9(17)4-1-5-7(10-2-4)13-8(12-5)6-3-11-15-14-6/h1-3H,(H,16,17)(H,10,12,13)(H,11,14,15). The van der Waals surface area contributed by atoms with E-state index in [1.54, 1.807) is 0 Å². The van der Waals surface area contributed by atoms with Crippen LogP contribution in [0.25, 0.3) is 22.7 Å². The van der Waals surface area contributed by atoms with Crippen molar-refractivity contribution in [3.8, 4) is 11.5 Å². The number of nitrogens with zero attached hydrogens (tertiary/aromatic N) is 4. The highest BCUT2D eigenvalue weighted by molar-refractivity contribution is 5.91. The van der Waals surface area contributed by atoms with Gasteiger partial charge in [0, 0.05) is 6.20 Å². The van der Waals surface area contributed by atoms with E-state index in [0.29, 0.717) is 22.7 Å². The molecule has 8 heteroatoms. The van der Waals surface area contributed by atoms with E-state index in [4.69, 9.17) is 5.11 Å². The molecule has 3 heterocycles. The average Bonchev–Trinajstić information content (AvgIpc) is 2.96. The van der Waals surface area contributed by atoms with Crippen molar-refractivity contribution in [1.82, 2.24) is 30.4 Å². The molecule has 0 fully saturated rings. The van der Waals surface area contributed by atoms with Gasteiger partial charge in [-0.15, -0.1) is 0 Å². The van der Waals surface area contributed by atoms with Gasteiger partial charge in [-0.1, -0.05) is 0 Å². The van der Waals surface area contributed by atoms with Gasteiger partial charge in [0.15, 0.2) is 11.5 Å². The van der Waals surface area contributed by atoms with Gasteiger partial charge in [-0.2, -0.15) is 15.4 Å². The first-order valence-electron chi connectivity index (χ1n) is 4.69. The number of imidazole rings is 1. The maximum absolute atomic E-state index is 10.8. The van der Waals surface area contributed by atoms with Crippen molar-refractivity contribution in [3.63, 3.8) is 0 Å². The third-order valence-electron chi connectivity index (χ3n) is 2.24. The van der Waals surface area contributed by atoms with E-state index in [1.807, 2.05) is 0 Å². The van der Waals surface area contributed by atoms with Gasteiger partial charge in [0.1, 0.15) is 5.69 Å². The second-order valence-electron chi connectivity index (χ2n) is 3.34. The van der Waals surface area contributed by atoms with E-state index in [2.05, 4.69) is 30.4 Å². The Morgan fingerprint density at radius 2 is 2.24 bits per heavy atom. The highest BCUT2D eigenvalue weighted by atomic mass is 16.4. The number of hydrogen-bond donors (Lipinski definition) is 3. The molecular weight excluding hydrogens is 224 g/mol. The van der Waals surface area contributed by atoms with Gasteiger partial charge in [0.05, 0.1) is 17.3 Å². The van der Waals surface area contributed by atoms with Gasteiger partial charge in [-0.05, 0) is 6.07 Å². The molecule has 8 nitrogen and oxygen atoms in total. The zero-order valence-electron chi connectivity index (χ0n) is 8.38. The topological polar surface area (TPSA) is 120 Å². The van der Waals surface area contributed by atoms with Gasteiger partial charge in [0.2, 0.25) is 0 Å². The predicted molar refractivity (Wildman–Crippen MR) is 56.2 cm³/mol. The molecule has 3 N–H and O–H groups in total. The van der Waals surface area contributed by atoms with Gasteiger partial charge < -0.3 is 10.1 Å². The molecule has 0 radical (unpaired) electrons. The molecule has 0 aliphatic rings. The van der Waals surface area contributed by atoms with Gasteiger partial charge >= 0.3 is 5.97 Å². The third-order valence-corrected chi connectivity index (χ3v) is 2.24. The van der Waals surface area contributed by atoms with Crippen LogP contribution in [-0.4, -0.2) is 41.4 Å². The monoisotopic (exact) mass is 230 g/mol. The molecule has 0 atom stereocenters. The lowest BCUT2D eigenvalue weighted by Crippen LogP contribution is -1.96. The summed E-state index contributed by atoms with van der Waals surface area (Å²) >= 11 is 0. The molecule has 0 saturated carbocycles. The van der Waals surface area contributed by atoms with Crippen LogP contribution >= 0.6 is 0 Å². The predicted octanol–water partition coefficient (Wildman–Crippen LogP) is 0.441. The fourth-order valence-electron chi connectivity index (χ4n) is 1.45. The Morgan fingerprint density at radius 1 is 1.35 bits per heavy atom. The Bertz CT molecular complexity index is 687. The van der Waals surface area contributed by atoms with E-state index in [9.17, 15) is 4.79 Å². The molecule has 0 aliphatic carbocycles. The molecule has 0 bridgehead atoms. The lowest BCUT2D eigenvalue weighted by Gasteiger charge is -1.91. The number of carboxylic acids is 1. The number of pyridine rings is 1. The van der Waals surface area contributed by atoms with Crippen molar-refractivity contribution in [1.29, 1.82) is 0 Å². The zero-order valence-corrected chi connectivity index (χ0v) is 8.38. The fraction of sp³-hybridized carbons (Fsp3) is 0. The van der Waals surface area contributed by atoms with Crippen molar-refractivity contribution in [2.45, 2.75) is 0 Å². The molecule has 0 amide bonds. The summed E-state index contributed by atoms with van der Waals surface area (Å²) in [6, 6.07) is 1.47. The van der Waals surface area contributed by atoms with Crippen molar-refractivity contribution in [2.75, 3.05) is 0 Å². The van der Waals surface area contributed by atoms with Crippen LogP contribution in [0.4, 0.5) is 0 Å². The molecule has 3 aromatic heterocycles. The van der Waals surface area contributed by atoms with Crippen molar-refractivity contribution >= 4 is 17.1 Å². The van der Waals surface area contributed by atoms with Crippen molar-refractivity contribution in [2.24, 2.45) is 0 Å². The van der Waals surface area contributed by atoms with Crippen LogP contribution in [0.1, 0.15) is 10.4 Å². The molecule has 84 valence electrons. The number of aromatic nitrogens is 6. The van der Waals surface area contributed by atoms with E-state index in [1.165, 1.54) is 18.5 Å². The molecule has 0 saturated heterocycles. The largest absolute Gasteiger partial charge is 0.478 e. The second kappa shape index (κ2) is 3.37. The number of H-pyrrole nitrogens is 2. The number of nitrogens with one attached hydrogen (secondary N) is 2. The summed E-state index contributed by atoms with van der Waals surface area (Å²) in [5, 5.41) is 18.8. The highest BCUT2D eigenvalue weighted by Gasteiger charge is 2.11. The van der Waals surface area contributed by atoms with Crippen LogP contribution in [0.15, 0.2) is 18.5 Å². The summed E-state index contributed by atoms with van der Waals surface area (Å²) in [5.74, 6) is -0.541. The van der Waals surface area contributed by atoms with E-state index in [0.717, 1.165) is 0 Å². The third kappa shape index (κ3) is 1.51. The number of rotatable bonds is 2. The van der Waals surface area contributed by atoms with Crippen LogP contribution in [0.3, 0.4) is 0 Å². The van der Waals surface area contributed by atoms with Crippen molar-refractivity contribution < 1.29 is 9.90 Å². The fourth-order valence-corrected chi connectivity index (χ4v) is 1.45. The molecule has 3 aromatic rings. The first-order valence-corrected chi connectivity index (χ1v) is 4.69. The lowest BCUT2D eigenvalue weighted by atomic mass is 10.3. The SMILES string of the molecule is O=C(O)c1cnc2nc(-c3cn[nH]n3)[nH]c2c1. The average molecular weight is 230 g/mol. The van der Waals surface area contributed by atoms with Gasteiger partial charge in [-0.3, -0.25) is 0 Å². The van der Waals surface area contributed by atoms with E-state index < -0.39 is 5.97 Å². The number of aromatic carboxylic acids is 1. The number of carbonyl (C=O) groups is 1. The zero-order chi connectivity index (χ0) is 11.8. The molecule has 17 heavy (non-hydrogen) atoms. The van der Waals surface area contributed by atoms with Crippen LogP contribution in [0.5, 0.6) is 0 Å². The quantitative estimate of drug-likeness (QED) is 0.587. The smallest absolute Gasteiger partial charge is 0.337 e. The second-order valence-corrected chi connectivity index (χ2v) is 3.34. The first kappa shape index (κ1) is 9.46. The minimum atomic E-state index is -1.03. The van der Waals surface area contributed by atoms with Crippen LogP contribution < -0.4 is 0 Å². The molecule has 0 aliphatic heterocycles. The maximum atomic E-state index is 10.8. The van der Waals surface area contributed by atoms with Crippen LogP contribution in [0, 0.1) is 0 Å². The normalized spacial score (nSPS) is 10.8. The number of carboxylic acid groups (broad SMARTS) is 1.